The lowest BCUT2D eigenvalue weighted by Crippen LogP contribution is -2.58. The summed E-state index contributed by atoms with van der Waals surface area (Å²) in [5.41, 5.74) is 0.870. The molecule has 0 bridgehead atoms. The maximum absolute atomic E-state index is 12.8. The van der Waals surface area contributed by atoms with Crippen molar-refractivity contribution in [3.05, 3.63) is 18.2 Å². The summed E-state index contributed by atoms with van der Waals surface area (Å²) in [5, 5.41) is 0.927. The zero-order valence-corrected chi connectivity index (χ0v) is 16.9. The average molecular weight is 404 g/mol. The Morgan fingerprint density at radius 2 is 1.89 bits per heavy atom. The van der Waals surface area contributed by atoms with Gasteiger partial charge in [-0.05, 0) is 19.1 Å². The molecule has 28 heavy (non-hydrogen) atoms. The smallest absolute Gasteiger partial charge is 0.409 e. The minimum absolute atomic E-state index is 0.0111. The van der Waals surface area contributed by atoms with Crippen LogP contribution in [0.15, 0.2) is 18.2 Å². The van der Waals surface area contributed by atoms with Gasteiger partial charge in [0.2, 0.25) is 5.91 Å². The molecule has 2 amide bonds. The first-order chi connectivity index (χ1) is 13.6. The van der Waals surface area contributed by atoms with E-state index in [2.05, 4.69) is 4.90 Å². The number of carbonyl (C=O) groups excluding carboxylic acids is 2. The number of fused-ring (bicyclic) bond motifs is 1. The highest BCUT2D eigenvalue weighted by molar-refractivity contribution is 7.22. The predicted octanol–water partition coefficient (Wildman–Crippen LogP) is 2.04. The molecule has 150 valence electrons. The van der Waals surface area contributed by atoms with Crippen LogP contribution in [0.4, 0.5) is 9.93 Å². The van der Waals surface area contributed by atoms with Crippen molar-refractivity contribution in [3.63, 3.8) is 0 Å². The van der Waals surface area contributed by atoms with Crippen LogP contribution in [0, 0.1) is 5.92 Å². The fourth-order valence-corrected chi connectivity index (χ4v) is 4.59. The fraction of sp³-hybridized carbons (Fsp3) is 0.526. The van der Waals surface area contributed by atoms with Crippen molar-refractivity contribution in [1.82, 2.24) is 14.8 Å². The van der Waals surface area contributed by atoms with Crippen LogP contribution in [0.1, 0.15) is 6.92 Å². The number of ether oxygens (including phenoxy) is 2. The van der Waals surface area contributed by atoms with Gasteiger partial charge in [0.05, 0.1) is 24.3 Å². The molecular formula is C19H24N4O4S. The number of amides is 2. The molecule has 2 aliphatic rings. The number of nitrogens with zero attached hydrogens (tertiary/aromatic N) is 4. The van der Waals surface area contributed by atoms with E-state index in [1.165, 1.54) is 0 Å². The van der Waals surface area contributed by atoms with Crippen molar-refractivity contribution in [3.8, 4) is 5.75 Å². The van der Waals surface area contributed by atoms with E-state index >= 15 is 0 Å². The first-order valence-corrected chi connectivity index (χ1v) is 10.3. The van der Waals surface area contributed by atoms with Crippen molar-refractivity contribution in [2.45, 2.75) is 6.92 Å². The standard InChI is InChI=1S/C19H24N4O4S/c1-3-27-19(25)22-9-7-21(8-10-22)17(24)13-11-23(12-13)18-20-16-14(26-2)5-4-6-15(16)28-18/h4-6,13H,3,7-12H2,1-2H3. The van der Waals surface area contributed by atoms with Crippen LogP contribution in [0.3, 0.4) is 0 Å². The number of rotatable bonds is 4. The number of anilines is 1. The average Bonchev–Trinajstić information content (AvgIpc) is 3.10. The molecule has 0 radical (unpaired) electrons. The molecule has 0 N–H and O–H groups in total. The molecule has 1 aromatic carbocycles. The molecule has 1 aromatic heterocycles. The quantitative estimate of drug-likeness (QED) is 0.776. The van der Waals surface area contributed by atoms with E-state index in [0.29, 0.717) is 45.9 Å². The minimum Gasteiger partial charge on any atom is -0.494 e. The van der Waals surface area contributed by atoms with Crippen molar-refractivity contribution < 1.29 is 19.1 Å². The molecule has 2 fully saturated rings. The number of thiazole rings is 1. The molecule has 8 nitrogen and oxygen atoms in total. The van der Waals surface area contributed by atoms with Crippen LogP contribution in [-0.2, 0) is 9.53 Å². The Morgan fingerprint density at radius 1 is 1.18 bits per heavy atom. The first-order valence-electron chi connectivity index (χ1n) is 9.49. The Hall–Kier alpha value is -2.55. The van der Waals surface area contributed by atoms with Crippen molar-refractivity contribution in [2.24, 2.45) is 5.92 Å². The maximum atomic E-state index is 12.8. The van der Waals surface area contributed by atoms with E-state index in [4.69, 9.17) is 14.5 Å². The van der Waals surface area contributed by atoms with Gasteiger partial charge in [0, 0.05) is 39.3 Å². The zero-order valence-electron chi connectivity index (χ0n) is 16.1. The molecule has 9 heteroatoms. The molecule has 2 aliphatic heterocycles. The Labute approximate surface area is 167 Å². The van der Waals surface area contributed by atoms with Crippen LogP contribution in [0.5, 0.6) is 5.75 Å². The lowest BCUT2D eigenvalue weighted by molar-refractivity contribution is -0.138. The summed E-state index contributed by atoms with van der Waals surface area (Å²) in [6.07, 6.45) is -0.296. The number of para-hydroxylation sites is 1. The Balaban J connectivity index is 1.32. The number of carbonyl (C=O) groups is 2. The van der Waals surface area contributed by atoms with Gasteiger partial charge < -0.3 is 24.2 Å². The van der Waals surface area contributed by atoms with E-state index in [-0.39, 0.29) is 17.9 Å². The molecule has 2 aromatic rings. The first kappa shape index (κ1) is 18.8. The second kappa shape index (κ2) is 7.83. The molecule has 0 saturated carbocycles. The molecule has 0 atom stereocenters. The zero-order chi connectivity index (χ0) is 19.7. The van der Waals surface area contributed by atoms with Gasteiger partial charge in [-0.1, -0.05) is 17.4 Å². The van der Waals surface area contributed by atoms with Gasteiger partial charge in [-0.2, -0.15) is 0 Å². The summed E-state index contributed by atoms with van der Waals surface area (Å²) in [6, 6.07) is 5.90. The third-order valence-electron chi connectivity index (χ3n) is 5.21. The largest absolute Gasteiger partial charge is 0.494 e. The molecule has 0 spiro atoms. The summed E-state index contributed by atoms with van der Waals surface area (Å²) in [5.74, 6) is 0.925. The number of aromatic nitrogens is 1. The minimum atomic E-state index is -0.296. The van der Waals surface area contributed by atoms with E-state index in [1.807, 2.05) is 23.1 Å². The van der Waals surface area contributed by atoms with E-state index < -0.39 is 0 Å². The van der Waals surface area contributed by atoms with E-state index in [0.717, 1.165) is 21.1 Å². The normalized spacial score (nSPS) is 17.6. The SMILES string of the molecule is CCOC(=O)N1CCN(C(=O)C2CN(c3nc4c(OC)cccc4s3)C2)CC1. The summed E-state index contributed by atoms with van der Waals surface area (Å²) in [7, 11) is 1.65. The van der Waals surface area contributed by atoms with Crippen LogP contribution in [-0.4, -0.2) is 79.8 Å². The van der Waals surface area contributed by atoms with Crippen LogP contribution >= 0.6 is 11.3 Å². The molecular weight excluding hydrogens is 380 g/mol. The van der Waals surface area contributed by atoms with Crippen molar-refractivity contribution >= 4 is 38.7 Å². The van der Waals surface area contributed by atoms with Gasteiger partial charge in [0.1, 0.15) is 11.3 Å². The highest BCUT2D eigenvalue weighted by atomic mass is 32.1. The summed E-state index contributed by atoms with van der Waals surface area (Å²) < 4.78 is 11.5. The van der Waals surface area contributed by atoms with Gasteiger partial charge in [0.25, 0.3) is 0 Å². The second-order valence-corrected chi connectivity index (χ2v) is 7.93. The summed E-state index contributed by atoms with van der Waals surface area (Å²) in [6.45, 7) is 5.70. The van der Waals surface area contributed by atoms with E-state index in [1.54, 1.807) is 30.3 Å². The number of methoxy groups -OCH3 is 1. The Morgan fingerprint density at radius 3 is 2.57 bits per heavy atom. The molecule has 3 heterocycles. The summed E-state index contributed by atoms with van der Waals surface area (Å²) >= 11 is 1.62. The highest BCUT2D eigenvalue weighted by Gasteiger charge is 2.38. The van der Waals surface area contributed by atoms with Gasteiger partial charge in [-0.25, -0.2) is 9.78 Å². The topological polar surface area (TPSA) is 75.2 Å². The van der Waals surface area contributed by atoms with Crippen LogP contribution in [0.25, 0.3) is 10.2 Å². The lowest BCUT2D eigenvalue weighted by atomic mass is 9.99. The monoisotopic (exact) mass is 404 g/mol. The Bertz CT molecular complexity index is 872. The molecule has 0 unspecified atom stereocenters. The van der Waals surface area contributed by atoms with Crippen LogP contribution in [0.2, 0.25) is 0 Å². The van der Waals surface area contributed by atoms with Gasteiger partial charge in [0.15, 0.2) is 5.13 Å². The number of hydrogen-bond donors (Lipinski definition) is 0. The van der Waals surface area contributed by atoms with Crippen LogP contribution < -0.4 is 9.64 Å². The van der Waals surface area contributed by atoms with Crippen molar-refractivity contribution in [1.29, 1.82) is 0 Å². The number of hydrogen-bond acceptors (Lipinski definition) is 7. The molecule has 2 saturated heterocycles. The fourth-order valence-electron chi connectivity index (χ4n) is 3.58. The molecule has 4 rings (SSSR count). The summed E-state index contributed by atoms with van der Waals surface area (Å²) in [4.78, 5) is 34.9. The second-order valence-electron chi connectivity index (χ2n) is 6.92. The van der Waals surface area contributed by atoms with Gasteiger partial charge >= 0.3 is 6.09 Å². The predicted molar refractivity (Wildman–Crippen MR) is 107 cm³/mol. The van der Waals surface area contributed by atoms with Gasteiger partial charge in [-0.3, -0.25) is 4.79 Å². The highest BCUT2D eigenvalue weighted by Crippen LogP contribution is 2.36. The van der Waals surface area contributed by atoms with E-state index in [9.17, 15) is 9.59 Å². The third kappa shape index (κ3) is 3.46. The molecule has 0 aliphatic carbocycles. The number of piperazine rings is 1. The Kier molecular flexibility index (Phi) is 5.25. The van der Waals surface area contributed by atoms with Crippen molar-refractivity contribution in [2.75, 3.05) is 57.9 Å². The number of benzene rings is 1. The third-order valence-corrected chi connectivity index (χ3v) is 6.29. The van der Waals surface area contributed by atoms with Gasteiger partial charge in [-0.15, -0.1) is 0 Å². The lowest BCUT2D eigenvalue weighted by Gasteiger charge is -2.42. The maximum Gasteiger partial charge on any atom is 0.409 e.